The Morgan fingerprint density at radius 2 is 1.88 bits per heavy atom. The molecule has 0 bridgehead atoms. The van der Waals surface area contributed by atoms with E-state index in [4.69, 9.17) is 9.52 Å². The number of hydrogen-bond donors (Lipinski definition) is 1. The minimum Gasteiger partial charge on any atom is -0.475 e. The third kappa shape index (κ3) is 2.29. The van der Waals surface area contributed by atoms with Crippen molar-refractivity contribution in [2.75, 3.05) is 0 Å². The smallest absolute Gasteiger partial charge is 0.373 e. The third-order valence-corrected chi connectivity index (χ3v) is 2.89. The predicted molar refractivity (Wildman–Crippen MR) is 65.1 cm³/mol. The molecule has 1 heterocycles. The molecule has 0 aliphatic carbocycles. The summed E-state index contributed by atoms with van der Waals surface area (Å²) in [6.07, 6.45) is 0. The first-order valence-corrected chi connectivity index (χ1v) is 5.51. The lowest BCUT2D eigenvalue weighted by molar-refractivity contribution is 0.0659. The Morgan fingerprint density at radius 1 is 1.24 bits per heavy atom. The molecule has 2 rings (SSSR count). The van der Waals surface area contributed by atoms with Crippen molar-refractivity contribution in [2.45, 2.75) is 0 Å². The Bertz CT molecular complexity index is 616. The summed E-state index contributed by atoms with van der Waals surface area (Å²) in [7, 11) is 0. The van der Waals surface area contributed by atoms with Crippen LogP contribution in [0.2, 0.25) is 0 Å². The average molecular weight is 295 g/mol. The Hall–Kier alpha value is -1.88. The van der Waals surface area contributed by atoms with E-state index < -0.39 is 17.2 Å². The SMILES string of the molecule is O=C(O)c1oc(-c2ccccc2)cc(=O)c1Br. The maximum absolute atomic E-state index is 11.6. The molecule has 0 amide bonds. The van der Waals surface area contributed by atoms with E-state index >= 15 is 0 Å². The number of carboxylic acid groups (broad SMARTS) is 1. The molecule has 1 N–H and O–H groups in total. The van der Waals surface area contributed by atoms with Crippen molar-refractivity contribution in [3.05, 3.63) is 56.9 Å². The van der Waals surface area contributed by atoms with Gasteiger partial charge in [-0.3, -0.25) is 4.79 Å². The molecule has 0 saturated carbocycles. The second kappa shape index (κ2) is 4.55. The predicted octanol–water partition coefficient (Wildman–Crippen LogP) is 2.77. The summed E-state index contributed by atoms with van der Waals surface area (Å²) in [6, 6.07) is 10.1. The second-order valence-electron chi connectivity index (χ2n) is 3.29. The summed E-state index contributed by atoms with van der Waals surface area (Å²) in [6.45, 7) is 0. The zero-order valence-corrected chi connectivity index (χ0v) is 10.1. The largest absolute Gasteiger partial charge is 0.475 e. The van der Waals surface area contributed by atoms with Crippen LogP contribution in [0.3, 0.4) is 0 Å². The van der Waals surface area contributed by atoms with E-state index in [0.717, 1.165) is 0 Å². The Morgan fingerprint density at radius 3 is 2.47 bits per heavy atom. The first kappa shape index (κ1) is 11.6. The van der Waals surface area contributed by atoms with E-state index in [0.29, 0.717) is 5.56 Å². The van der Waals surface area contributed by atoms with Crippen LogP contribution in [0.15, 0.2) is 50.1 Å². The molecule has 2 aromatic rings. The maximum Gasteiger partial charge on any atom is 0.373 e. The highest BCUT2D eigenvalue weighted by atomic mass is 79.9. The molecule has 1 aromatic heterocycles. The summed E-state index contributed by atoms with van der Waals surface area (Å²) in [5.41, 5.74) is 0.229. The number of hydrogen-bond acceptors (Lipinski definition) is 3. The molecule has 0 fully saturated rings. The standard InChI is InChI=1S/C12H7BrO4/c13-10-8(14)6-9(17-11(10)12(15)16)7-4-2-1-3-5-7/h1-6H,(H,15,16). The minimum absolute atomic E-state index is 0.0790. The lowest BCUT2D eigenvalue weighted by Gasteiger charge is -2.03. The third-order valence-electron chi connectivity index (χ3n) is 2.14. The lowest BCUT2D eigenvalue weighted by Crippen LogP contribution is -2.09. The van der Waals surface area contributed by atoms with E-state index in [9.17, 15) is 9.59 Å². The van der Waals surface area contributed by atoms with E-state index in [1.165, 1.54) is 6.07 Å². The lowest BCUT2D eigenvalue weighted by atomic mass is 10.1. The van der Waals surface area contributed by atoms with Crippen molar-refractivity contribution >= 4 is 21.9 Å². The summed E-state index contributed by atoms with van der Waals surface area (Å²) in [4.78, 5) is 22.5. The number of rotatable bonds is 2. The fourth-order valence-electron chi connectivity index (χ4n) is 1.36. The van der Waals surface area contributed by atoms with Gasteiger partial charge in [-0.25, -0.2) is 4.79 Å². The van der Waals surface area contributed by atoms with Crippen molar-refractivity contribution in [1.82, 2.24) is 0 Å². The summed E-state index contributed by atoms with van der Waals surface area (Å²) in [5.74, 6) is -1.45. The highest BCUT2D eigenvalue weighted by molar-refractivity contribution is 9.10. The van der Waals surface area contributed by atoms with Crippen LogP contribution in [0.1, 0.15) is 10.6 Å². The number of carbonyl (C=O) groups is 1. The van der Waals surface area contributed by atoms with Gasteiger partial charge in [-0.05, 0) is 15.9 Å². The van der Waals surface area contributed by atoms with Crippen molar-refractivity contribution in [2.24, 2.45) is 0 Å². The highest BCUT2D eigenvalue weighted by Gasteiger charge is 2.16. The quantitative estimate of drug-likeness (QED) is 0.925. The molecule has 0 atom stereocenters. The van der Waals surface area contributed by atoms with Gasteiger partial charge in [0.1, 0.15) is 10.2 Å². The van der Waals surface area contributed by atoms with Crippen LogP contribution in [-0.2, 0) is 0 Å². The zero-order chi connectivity index (χ0) is 12.4. The van der Waals surface area contributed by atoms with Crippen molar-refractivity contribution in [3.63, 3.8) is 0 Å². The number of carboxylic acids is 1. The van der Waals surface area contributed by atoms with Gasteiger partial charge in [0.15, 0.2) is 0 Å². The first-order valence-electron chi connectivity index (χ1n) is 4.72. The van der Waals surface area contributed by atoms with E-state index in [1.807, 2.05) is 6.07 Å². The van der Waals surface area contributed by atoms with E-state index in [1.54, 1.807) is 24.3 Å². The number of halogens is 1. The zero-order valence-electron chi connectivity index (χ0n) is 8.51. The molecule has 0 saturated heterocycles. The van der Waals surface area contributed by atoms with Crippen LogP contribution in [0.25, 0.3) is 11.3 Å². The molecule has 0 aliphatic heterocycles. The van der Waals surface area contributed by atoms with Crippen LogP contribution in [0, 0.1) is 0 Å². The first-order chi connectivity index (χ1) is 8.09. The van der Waals surface area contributed by atoms with E-state index in [2.05, 4.69) is 15.9 Å². The summed E-state index contributed by atoms with van der Waals surface area (Å²) in [5, 5.41) is 8.90. The Balaban J connectivity index is 2.66. The van der Waals surface area contributed by atoms with Crippen LogP contribution in [-0.4, -0.2) is 11.1 Å². The van der Waals surface area contributed by atoms with Gasteiger partial charge in [-0.2, -0.15) is 0 Å². The van der Waals surface area contributed by atoms with Gasteiger partial charge in [-0.15, -0.1) is 0 Å². The van der Waals surface area contributed by atoms with Crippen molar-refractivity contribution in [3.8, 4) is 11.3 Å². The summed E-state index contributed by atoms with van der Waals surface area (Å²) < 4.78 is 5.11. The van der Waals surface area contributed by atoms with Crippen LogP contribution < -0.4 is 5.43 Å². The molecular weight excluding hydrogens is 288 g/mol. The average Bonchev–Trinajstić information content (AvgIpc) is 2.33. The van der Waals surface area contributed by atoms with Gasteiger partial charge in [0.05, 0.1) is 0 Å². The van der Waals surface area contributed by atoms with Gasteiger partial charge in [0.2, 0.25) is 11.2 Å². The highest BCUT2D eigenvalue weighted by Crippen LogP contribution is 2.22. The van der Waals surface area contributed by atoms with Crippen LogP contribution in [0.4, 0.5) is 0 Å². The van der Waals surface area contributed by atoms with Crippen molar-refractivity contribution in [1.29, 1.82) is 0 Å². The molecule has 5 heteroatoms. The van der Waals surface area contributed by atoms with Crippen molar-refractivity contribution < 1.29 is 14.3 Å². The molecule has 0 spiro atoms. The fraction of sp³-hybridized carbons (Fsp3) is 0. The van der Waals surface area contributed by atoms with Gasteiger partial charge < -0.3 is 9.52 Å². The normalized spacial score (nSPS) is 10.2. The second-order valence-corrected chi connectivity index (χ2v) is 4.08. The molecule has 4 nitrogen and oxygen atoms in total. The van der Waals surface area contributed by atoms with Gasteiger partial charge in [0.25, 0.3) is 0 Å². The molecule has 86 valence electrons. The molecule has 0 unspecified atom stereocenters. The van der Waals surface area contributed by atoms with E-state index in [-0.39, 0.29) is 10.2 Å². The molecule has 0 radical (unpaired) electrons. The van der Waals surface area contributed by atoms with Gasteiger partial charge in [-0.1, -0.05) is 30.3 Å². The molecule has 1 aromatic carbocycles. The van der Waals surface area contributed by atoms with Gasteiger partial charge >= 0.3 is 5.97 Å². The topological polar surface area (TPSA) is 67.5 Å². The Labute approximate surface area is 105 Å². The summed E-state index contributed by atoms with van der Waals surface area (Å²) >= 11 is 2.90. The molecule has 17 heavy (non-hydrogen) atoms. The molecular formula is C12H7BrO4. The molecule has 0 aliphatic rings. The maximum atomic E-state index is 11.6. The van der Waals surface area contributed by atoms with Crippen LogP contribution in [0.5, 0.6) is 0 Å². The monoisotopic (exact) mass is 294 g/mol. The van der Waals surface area contributed by atoms with Gasteiger partial charge in [0, 0.05) is 11.6 Å². The number of benzene rings is 1. The Kier molecular flexibility index (Phi) is 3.10. The van der Waals surface area contributed by atoms with Crippen LogP contribution >= 0.6 is 15.9 Å². The minimum atomic E-state index is -1.29. The number of aromatic carboxylic acids is 1. The fourth-order valence-corrected chi connectivity index (χ4v) is 1.73.